The summed E-state index contributed by atoms with van der Waals surface area (Å²) in [7, 11) is 0. The Hall–Kier alpha value is -1.42. The van der Waals surface area contributed by atoms with Gasteiger partial charge in [-0.3, -0.25) is 4.98 Å². The normalized spacial score (nSPS) is 10.8. The molecule has 20 heavy (non-hydrogen) atoms. The molecule has 0 spiro atoms. The molecule has 2 rings (SSSR count). The van der Waals surface area contributed by atoms with Crippen molar-refractivity contribution in [1.29, 1.82) is 0 Å². The first-order valence-electron chi connectivity index (χ1n) is 6.04. The first-order chi connectivity index (χ1) is 9.15. The molecule has 1 N–H and O–H groups in total. The number of hydrogen-bond acceptors (Lipinski definition) is 2. The molecule has 1 heterocycles. The van der Waals surface area contributed by atoms with Crippen LogP contribution in [0, 0.1) is 0 Å². The fourth-order valence-corrected chi connectivity index (χ4v) is 1.78. The molecule has 0 aliphatic carbocycles. The molecule has 98 valence electrons. The van der Waals surface area contributed by atoms with Crippen LogP contribution < -0.4 is 29.6 Å². The summed E-state index contributed by atoms with van der Waals surface area (Å²) in [5, 5.41) is 8.82. The van der Waals surface area contributed by atoms with Gasteiger partial charge in [0.25, 0.3) is 0 Å². The van der Waals surface area contributed by atoms with Crippen molar-refractivity contribution in [1.82, 2.24) is 4.98 Å². The Bertz CT molecular complexity index is 597. The van der Waals surface area contributed by atoms with E-state index in [1.165, 1.54) is 5.56 Å². The topological polar surface area (TPSA) is 50.2 Å². The molecule has 0 amide bonds. The number of nitrogens with zero attached hydrogens (tertiary/aromatic N) is 1. The summed E-state index contributed by atoms with van der Waals surface area (Å²) >= 11 is 0. The van der Waals surface area contributed by atoms with Gasteiger partial charge in [0.05, 0.1) is 0 Å². The summed E-state index contributed by atoms with van der Waals surface area (Å²) in [6.07, 6.45) is 6.10. The third-order valence-corrected chi connectivity index (χ3v) is 2.83. The monoisotopic (exact) mass is 277 g/mol. The number of rotatable bonds is 4. The van der Waals surface area contributed by atoms with Crippen LogP contribution in [0.5, 0.6) is 0 Å². The molecule has 0 aliphatic rings. The molecule has 0 saturated carbocycles. The average Bonchev–Trinajstić information content (AvgIpc) is 2.42. The van der Waals surface area contributed by atoms with Crippen LogP contribution in [0.2, 0.25) is 0 Å². The summed E-state index contributed by atoms with van der Waals surface area (Å²) in [4.78, 5) is 14.8. The fourth-order valence-electron chi connectivity index (χ4n) is 1.78. The van der Waals surface area contributed by atoms with Crippen molar-refractivity contribution < 1.29 is 40.9 Å². The third kappa shape index (κ3) is 4.93. The van der Waals surface area contributed by atoms with Gasteiger partial charge in [0.2, 0.25) is 0 Å². The van der Waals surface area contributed by atoms with Crippen molar-refractivity contribution in [2.75, 3.05) is 0 Å². The molecule has 0 bridgehead atoms. The second-order valence-electron chi connectivity index (χ2n) is 4.41. The number of benzene rings is 1. The van der Waals surface area contributed by atoms with Gasteiger partial charge in [-0.25, -0.2) is 4.79 Å². The van der Waals surface area contributed by atoms with Crippen molar-refractivity contribution in [2.24, 2.45) is 0 Å². The van der Waals surface area contributed by atoms with Gasteiger partial charge in [0.1, 0.15) is 0 Å². The number of aliphatic carboxylic acids is 1. The Morgan fingerprint density at radius 1 is 1.25 bits per heavy atom. The summed E-state index contributed by atoms with van der Waals surface area (Å²) in [5.41, 5.74) is 3.57. The van der Waals surface area contributed by atoms with Gasteiger partial charge in [-0.2, -0.15) is 0 Å². The second kappa shape index (κ2) is 8.00. The van der Waals surface area contributed by atoms with Crippen molar-refractivity contribution in [3.05, 3.63) is 71.1 Å². The second-order valence-corrected chi connectivity index (χ2v) is 4.41. The Morgan fingerprint density at radius 2 is 1.95 bits per heavy atom. The molecule has 0 atom stereocenters. The SMILES string of the molecule is C/C(=C\c1ccc(Cc2cccnc2)cc1)C(=O)O.[H-].[Na+]. The van der Waals surface area contributed by atoms with E-state index in [4.69, 9.17) is 5.11 Å². The summed E-state index contributed by atoms with van der Waals surface area (Å²) in [6, 6.07) is 11.8. The third-order valence-electron chi connectivity index (χ3n) is 2.83. The zero-order valence-corrected chi connectivity index (χ0v) is 13.7. The van der Waals surface area contributed by atoms with Crippen LogP contribution in [0.3, 0.4) is 0 Å². The molecule has 1 aromatic carbocycles. The number of carbonyl (C=O) groups is 1. The average molecular weight is 277 g/mol. The van der Waals surface area contributed by atoms with E-state index in [0.717, 1.165) is 17.5 Å². The van der Waals surface area contributed by atoms with Crippen LogP contribution in [0.1, 0.15) is 25.0 Å². The number of pyridine rings is 1. The van der Waals surface area contributed by atoms with Crippen LogP contribution in [-0.2, 0) is 11.2 Å². The Kier molecular flexibility index (Phi) is 6.65. The molecule has 0 saturated heterocycles. The van der Waals surface area contributed by atoms with Crippen molar-refractivity contribution >= 4 is 12.0 Å². The van der Waals surface area contributed by atoms with Gasteiger partial charge in [0.15, 0.2) is 0 Å². The smallest absolute Gasteiger partial charge is 1.00 e. The van der Waals surface area contributed by atoms with Crippen molar-refractivity contribution in [2.45, 2.75) is 13.3 Å². The van der Waals surface area contributed by atoms with E-state index in [2.05, 4.69) is 4.98 Å². The molecule has 3 nitrogen and oxygen atoms in total. The summed E-state index contributed by atoms with van der Waals surface area (Å²) in [5.74, 6) is -0.889. The van der Waals surface area contributed by atoms with Crippen LogP contribution >= 0.6 is 0 Å². The summed E-state index contributed by atoms with van der Waals surface area (Å²) in [6.45, 7) is 1.59. The number of carboxylic acids is 1. The van der Waals surface area contributed by atoms with Gasteiger partial charge >= 0.3 is 35.5 Å². The van der Waals surface area contributed by atoms with E-state index < -0.39 is 5.97 Å². The van der Waals surface area contributed by atoms with E-state index in [1.807, 2.05) is 42.6 Å². The van der Waals surface area contributed by atoms with E-state index in [1.54, 1.807) is 19.2 Å². The Morgan fingerprint density at radius 3 is 2.50 bits per heavy atom. The number of carboxylic acid groups (broad SMARTS) is 1. The van der Waals surface area contributed by atoms with Gasteiger partial charge in [-0.05, 0) is 42.2 Å². The Labute approximate surface area is 142 Å². The minimum Gasteiger partial charge on any atom is -1.00 e. The fraction of sp³-hybridized carbons (Fsp3) is 0.125. The molecule has 4 heteroatoms. The van der Waals surface area contributed by atoms with Gasteiger partial charge in [0, 0.05) is 18.0 Å². The minimum atomic E-state index is -0.889. The van der Waals surface area contributed by atoms with E-state index in [-0.39, 0.29) is 31.0 Å². The zero-order chi connectivity index (χ0) is 13.7. The van der Waals surface area contributed by atoms with Crippen LogP contribution in [0.25, 0.3) is 6.08 Å². The number of aromatic nitrogens is 1. The first kappa shape index (κ1) is 16.6. The van der Waals surface area contributed by atoms with Crippen molar-refractivity contribution in [3.8, 4) is 0 Å². The molecule has 0 unspecified atom stereocenters. The first-order valence-corrected chi connectivity index (χ1v) is 6.04. The van der Waals surface area contributed by atoms with E-state index in [0.29, 0.717) is 5.57 Å². The molecular weight excluding hydrogens is 261 g/mol. The maximum absolute atomic E-state index is 10.7. The van der Waals surface area contributed by atoms with Crippen LogP contribution in [0.15, 0.2) is 54.4 Å². The quantitative estimate of drug-likeness (QED) is 0.645. The van der Waals surface area contributed by atoms with E-state index >= 15 is 0 Å². The molecular formula is C16H16NNaO2. The maximum atomic E-state index is 10.7. The van der Waals surface area contributed by atoms with Gasteiger partial charge < -0.3 is 6.53 Å². The maximum Gasteiger partial charge on any atom is 1.00 e. The molecule has 0 radical (unpaired) electrons. The summed E-state index contributed by atoms with van der Waals surface area (Å²) < 4.78 is 0. The van der Waals surface area contributed by atoms with Gasteiger partial charge in [-0.15, -0.1) is 0 Å². The van der Waals surface area contributed by atoms with Crippen LogP contribution in [-0.4, -0.2) is 16.1 Å². The standard InChI is InChI=1S/C16H15NO2.Na.H/c1-12(16(18)19)9-13-4-6-14(7-5-13)10-15-3-2-8-17-11-15;;/h2-9,11H,10H2,1H3,(H,18,19);;/q;+1;-1/b12-9+;;. The minimum absolute atomic E-state index is 0. The predicted molar refractivity (Wildman–Crippen MR) is 75.9 cm³/mol. The van der Waals surface area contributed by atoms with Gasteiger partial charge in [-0.1, -0.05) is 30.3 Å². The Balaban J connectivity index is 0.00000200. The number of hydrogen-bond donors (Lipinski definition) is 1. The molecule has 0 fully saturated rings. The van der Waals surface area contributed by atoms with Crippen molar-refractivity contribution in [3.63, 3.8) is 0 Å². The van der Waals surface area contributed by atoms with Crippen LogP contribution in [0.4, 0.5) is 0 Å². The molecule has 0 aliphatic heterocycles. The molecule has 1 aromatic heterocycles. The molecule has 2 aromatic rings. The largest absolute Gasteiger partial charge is 1.00 e. The predicted octanol–water partition coefficient (Wildman–Crippen LogP) is 0.277. The zero-order valence-electron chi connectivity index (χ0n) is 12.7. The van der Waals surface area contributed by atoms with E-state index in [9.17, 15) is 4.79 Å².